The van der Waals surface area contributed by atoms with Gasteiger partial charge in [0.2, 0.25) is 0 Å². The maximum atomic E-state index is 13.7. The Labute approximate surface area is 99.4 Å². The monoisotopic (exact) mass is 241 g/mol. The van der Waals surface area contributed by atoms with Crippen LogP contribution in [-0.4, -0.2) is 18.0 Å². The lowest BCUT2D eigenvalue weighted by atomic mass is 10.2. The van der Waals surface area contributed by atoms with Crippen molar-refractivity contribution in [3.05, 3.63) is 29.6 Å². The van der Waals surface area contributed by atoms with E-state index in [0.29, 0.717) is 16.7 Å². The van der Waals surface area contributed by atoms with Gasteiger partial charge in [-0.2, -0.15) is 0 Å². The number of nitrogens with two attached hydrogens (primary N) is 1. The normalized spacial score (nSPS) is 24.9. The van der Waals surface area contributed by atoms with E-state index >= 15 is 0 Å². The Bertz CT molecular complexity index is 372. The van der Waals surface area contributed by atoms with Crippen molar-refractivity contribution in [1.29, 1.82) is 0 Å². The second-order valence-corrected chi connectivity index (χ2v) is 5.27. The molecule has 1 fully saturated rings. The first-order chi connectivity index (χ1) is 7.70. The predicted octanol–water partition coefficient (Wildman–Crippen LogP) is 2.55. The number of benzene rings is 1. The van der Waals surface area contributed by atoms with Crippen LogP contribution in [0.5, 0.6) is 0 Å². The zero-order valence-corrected chi connectivity index (χ0v) is 10.1. The van der Waals surface area contributed by atoms with Gasteiger partial charge >= 0.3 is 0 Å². The highest BCUT2D eigenvalue weighted by molar-refractivity contribution is 8.00. The summed E-state index contributed by atoms with van der Waals surface area (Å²) in [6, 6.07) is 5.21. The Balaban J connectivity index is 2.09. The van der Waals surface area contributed by atoms with Crippen LogP contribution in [0.4, 0.5) is 4.39 Å². The molecule has 2 rings (SSSR count). The van der Waals surface area contributed by atoms with Gasteiger partial charge in [0, 0.05) is 23.3 Å². The first-order valence-corrected chi connectivity index (χ1v) is 6.35. The number of rotatable bonds is 3. The van der Waals surface area contributed by atoms with Gasteiger partial charge in [-0.3, -0.25) is 0 Å². The third-order valence-corrected chi connectivity index (χ3v) is 4.32. The largest absolute Gasteiger partial charge is 0.377 e. The molecule has 16 heavy (non-hydrogen) atoms. The Hall–Kier alpha value is -0.580. The molecule has 2 atom stereocenters. The number of halogens is 1. The Kier molecular flexibility index (Phi) is 3.84. The lowest BCUT2D eigenvalue weighted by molar-refractivity contribution is 0.127. The molecule has 0 radical (unpaired) electrons. The van der Waals surface area contributed by atoms with Crippen molar-refractivity contribution in [3.8, 4) is 0 Å². The molecule has 2 nitrogen and oxygen atoms in total. The topological polar surface area (TPSA) is 35.2 Å². The number of hydrogen-bond donors (Lipinski definition) is 1. The molecule has 1 saturated heterocycles. The fourth-order valence-corrected chi connectivity index (χ4v) is 2.93. The van der Waals surface area contributed by atoms with Crippen LogP contribution in [0.2, 0.25) is 0 Å². The molecule has 0 bridgehead atoms. The lowest BCUT2D eigenvalue weighted by Crippen LogP contribution is -2.13. The van der Waals surface area contributed by atoms with Crippen molar-refractivity contribution in [2.75, 3.05) is 6.61 Å². The van der Waals surface area contributed by atoms with Crippen LogP contribution in [0.25, 0.3) is 0 Å². The van der Waals surface area contributed by atoms with E-state index in [-0.39, 0.29) is 11.9 Å². The van der Waals surface area contributed by atoms with Crippen molar-refractivity contribution < 1.29 is 9.13 Å². The van der Waals surface area contributed by atoms with Crippen LogP contribution < -0.4 is 5.73 Å². The van der Waals surface area contributed by atoms with Gasteiger partial charge in [-0.1, -0.05) is 6.07 Å². The molecule has 0 aromatic heterocycles. The molecule has 2 N–H and O–H groups in total. The van der Waals surface area contributed by atoms with Crippen LogP contribution in [0, 0.1) is 5.82 Å². The number of hydrogen-bond acceptors (Lipinski definition) is 3. The van der Waals surface area contributed by atoms with Crippen molar-refractivity contribution in [1.82, 2.24) is 0 Å². The third kappa shape index (κ3) is 2.56. The fraction of sp³-hybridized carbons (Fsp3) is 0.500. The van der Waals surface area contributed by atoms with Crippen molar-refractivity contribution in [2.45, 2.75) is 36.1 Å². The molecule has 2 unspecified atom stereocenters. The van der Waals surface area contributed by atoms with E-state index in [0.717, 1.165) is 18.6 Å². The minimum absolute atomic E-state index is 0.174. The third-order valence-electron chi connectivity index (χ3n) is 2.82. The molecule has 0 saturated carbocycles. The van der Waals surface area contributed by atoms with Gasteiger partial charge in [-0.05, 0) is 31.0 Å². The van der Waals surface area contributed by atoms with Crippen LogP contribution in [-0.2, 0) is 11.3 Å². The predicted molar refractivity (Wildman–Crippen MR) is 64.0 cm³/mol. The summed E-state index contributed by atoms with van der Waals surface area (Å²) in [5.41, 5.74) is 6.29. The summed E-state index contributed by atoms with van der Waals surface area (Å²) in [7, 11) is 0. The molecule has 1 aromatic rings. The quantitative estimate of drug-likeness (QED) is 0.883. The number of thioether (sulfide) groups is 1. The van der Waals surface area contributed by atoms with E-state index in [9.17, 15) is 4.39 Å². The molecule has 1 aliphatic rings. The molecule has 1 aromatic carbocycles. The summed E-state index contributed by atoms with van der Waals surface area (Å²) in [4.78, 5) is 0.694. The standard InChI is InChI=1S/C12H16FNOS/c1-8-11(4-5-15-8)16-12-3-2-9(7-14)6-10(12)13/h2-3,6,8,11H,4-5,7,14H2,1H3. The van der Waals surface area contributed by atoms with Gasteiger partial charge in [0.1, 0.15) is 5.82 Å². The van der Waals surface area contributed by atoms with Crippen molar-refractivity contribution in [3.63, 3.8) is 0 Å². The molecule has 0 aliphatic carbocycles. The van der Waals surface area contributed by atoms with Crippen molar-refractivity contribution in [2.24, 2.45) is 5.73 Å². The van der Waals surface area contributed by atoms with Gasteiger partial charge in [-0.15, -0.1) is 11.8 Å². The van der Waals surface area contributed by atoms with Crippen LogP contribution in [0.15, 0.2) is 23.1 Å². The van der Waals surface area contributed by atoms with Gasteiger partial charge in [0.05, 0.1) is 6.10 Å². The van der Waals surface area contributed by atoms with Gasteiger partial charge in [0.25, 0.3) is 0 Å². The van der Waals surface area contributed by atoms with E-state index in [4.69, 9.17) is 10.5 Å². The maximum absolute atomic E-state index is 13.7. The van der Waals surface area contributed by atoms with Crippen LogP contribution in [0.1, 0.15) is 18.9 Å². The molecule has 1 heterocycles. The van der Waals surface area contributed by atoms with E-state index in [1.54, 1.807) is 11.8 Å². The summed E-state index contributed by atoms with van der Waals surface area (Å²) in [6.07, 6.45) is 1.20. The molecule has 1 aliphatic heterocycles. The molecular weight excluding hydrogens is 225 g/mol. The summed E-state index contributed by atoms with van der Waals surface area (Å²) in [6.45, 7) is 3.20. The highest BCUT2D eigenvalue weighted by atomic mass is 32.2. The maximum Gasteiger partial charge on any atom is 0.137 e. The second-order valence-electron chi connectivity index (χ2n) is 3.99. The first-order valence-electron chi connectivity index (χ1n) is 5.47. The zero-order chi connectivity index (χ0) is 11.5. The van der Waals surface area contributed by atoms with Gasteiger partial charge in [0.15, 0.2) is 0 Å². The summed E-state index contributed by atoms with van der Waals surface area (Å²) < 4.78 is 19.2. The van der Waals surface area contributed by atoms with E-state index in [1.807, 2.05) is 19.1 Å². The molecule has 0 amide bonds. The Morgan fingerprint density at radius 1 is 1.56 bits per heavy atom. The Morgan fingerprint density at radius 3 is 2.94 bits per heavy atom. The molecule has 0 spiro atoms. The first kappa shape index (κ1) is 11.9. The minimum atomic E-state index is -0.174. The highest BCUT2D eigenvalue weighted by Gasteiger charge is 2.25. The molecular formula is C12H16FNOS. The fourth-order valence-electron chi connectivity index (χ4n) is 1.80. The average Bonchev–Trinajstić information content (AvgIpc) is 2.67. The van der Waals surface area contributed by atoms with Crippen molar-refractivity contribution >= 4 is 11.8 Å². The SMILES string of the molecule is CC1OCCC1Sc1ccc(CN)cc1F. The average molecular weight is 241 g/mol. The van der Waals surface area contributed by atoms with Gasteiger partial charge < -0.3 is 10.5 Å². The molecule has 88 valence electrons. The number of ether oxygens (including phenoxy) is 1. The summed E-state index contributed by atoms with van der Waals surface area (Å²) >= 11 is 1.56. The van der Waals surface area contributed by atoms with Gasteiger partial charge in [-0.25, -0.2) is 4.39 Å². The Morgan fingerprint density at radius 2 is 2.38 bits per heavy atom. The summed E-state index contributed by atoms with van der Waals surface area (Å²) in [5, 5.41) is 0.359. The smallest absolute Gasteiger partial charge is 0.137 e. The second kappa shape index (κ2) is 5.17. The highest BCUT2D eigenvalue weighted by Crippen LogP contribution is 2.34. The van der Waals surface area contributed by atoms with E-state index in [1.165, 1.54) is 6.07 Å². The van der Waals surface area contributed by atoms with Crippen LogP contribution in [0.3, 0.4) is 0 Å². The van der Waals surface area contributed by atoms with E-state index < -0.39 is 0 Å². The lowest BCUT2D eigenvalue weighted by Gasteiger charge is -2.14. The van der Waals surface area contributed by atoms with Crippen LogP contribution >= 0.6 is 11.8 Å². The minimum Gasteiger partial charge on any atom is -0.377 e. The summed E-state index contributed by atoms with van der Waals surface area (Å²) in [5.74, 6) is -0.174. The van der Waals surface area contributed by atoms with E-state index in [2.05, 4.69) is 0 Å². The zero-order valence-electron chi connectivity index (χ0n) is 9.28. The molecule has 4 heteroatoms.